The average molecular weight is 777 g/mol. The summed E-state index contributed by atoms with van der Waals surface area (Å²) in [6.45, 7) is 0. The van der Waals surface area contributed by atoms with E-state index in [0.29, 0.717) is 6.16 Å². The summed E-state index contributed by atoms with van der Waals surface area (Å²) in [6, 6.07) is 69.6. The standard InChI is InChI=1S/C55H41N2OP/c58-59(46-17-3-1-4-18-46,47-19-5-2-6-20-47)37-15-16-41-29-31-44(32-30-41)45-39-42(33-35-56-52-25-11-7-21-48(52)49-22-8-12-26-53(49)56)38-43(40-45)34-36-57-54-27-13-9-23-50(54)51-24-10-14-28-55(51)57/h1-36,38-40H,37H2/b16-15+,35-33+,36-34+. The fraction of sp³-hybridized carbons (Fsp3) is 0.0182. The fourth-order valence-electron chi connectivity index (χ4n) is 8.40. The Bertz CT molecular complexity index is 2970. The molecule has 282 valence electrons. The highest BCUT2D eigenvalue weighted by atomic mass is 31.2. The number of benzene rings is 8. The molecule has 0 saturated heterocycles. The molecule has 0 bridgehead atoms. The van der Waals surface area contributed by atoms with Gasteiger partial charge in [0.15, 0.2) is 0 Å². The quantitative estimate of drug-likeness (QED) is 0.127. The molecular weight excluding hydrogens is 736 g/mol. The second kappa shape index (κ2) is 15.6. The van der Waals surface area contributed by atoms with Crippen LogP contribution in [0.4, 0.5) is 0 Å². The van der Waals surface area contributed by atoms with Crippen molar-refractivity contribution in [1.82, 2.24) is 9.13 Å². The number of aromatic nitrogens is 2. The summed E-state index contributed by atoms with van der Waals surface area (Å²) in [5.74, 6) is 0. The van der Waals surface area contributed by atoms with E-state index >= 15 is 0 Å². The summed E-state index contributed by atoms with van der Waals surface area (Å²) in [5.41, 5.74) is 10.3. The number of hydrogen-bond acceptors (Lipinski definition) is 1. The Balaban J connectivity index is 1.01. The SMILES string of the molecule is O=P(C/C=C/c1ccc(-c2cc(/C=C/n3c4ccccc4c4ccccc43)cc(/C=C/n3c4ccccc4c4ccccc43)c2)cc1)(c1ccccc1)c1ccccc1. The molecule has 0 unspecified atom stereocenters. The van der Waals surface area contributed by atoms with Crippen molar-refractivity contribution in [3.8, 4) is 11.1 Å². The van der Waals surface area contributed by atoms with Crippen LogP contribution < -0.4 is 10.6 Å². The molecule has 8 aromatic carbocycles. The van der Waals surface area contributed by atoms with Gasteiger partial charge in [0.1, 0.15) is 7.14 Å². The molecule has 2 aromatic heterocycles. The normalized spacial score (nSPS) is 12.3. The van der Waals surface area contributed by atoms with E-state index in [0.717, 1.165) is 38.4 Å². The lowest BCUT2D eigenvalue weighted by Crippen LogP contribution is -2.17. The van der Waals surface area contributed by atoms with Gasteiger partial charge in [0.25, 0.3) is 0 Å². The predicted octanol–water partition coefficient (Wildman–Crippen LogP) is 13.9. The summed E-state index contributed by atoms with van der Waals surface area (Å²) in [5, 5.41) is 6.73. The van der Waals surface area contributed by atoms with Crippen LogP contribution in [0.1, 0.15) is 16.7 Å². The zero-order valence-electron chi connectivity index (χ0n) is 32.5. The van der Waals surface area contributed by atoms with E-state index in [1.54, 1.807) is 0 Å². The van der Waals surface area contributed by atoms with Crippen LogP contribution >= 0.6 is 7.14 Å². The van der Waals surface area contributed by atoms with Gasteiger partial charge in [-0.05, 0) is 82.4 Å². The van der Waals surface area contributed by atoms with E-state index < -0.39 is 7.14 Å². The lowest BCUT2D eigenvalue weighted by atomic mass is 9.98. The number of fused-ring (bicyclic) bond motifs is 6. The molecule has 3 nitrogen and oxygen atoms in total. The number of allylic oxidation sites excluding steroid dienone is 1. The van der Waals surface area contributed by atoms with Crippen LogP contribution in [-0.4, -0.2) is 15.3 Å². The Morgan fingerprint density at radius 1 is 0.373 bits per heavy atom. The van der Waals surface area contributed by atoms with Crippen LogP contribution in [-0.2, 0) is 4.57 Å². The highest BCUT2D eigenvalue weighted by Crippen LogP contribution is 2.43. The van der Waals surface area contributed by atoms with Crippen molar-refractivity contribution in [2.24, 2.45) is 0 Å². The molecule has 59 heavy (non-hydrogen) atoms. The summed E-state index contributed by atoms with van der Waals surface area (Å²) in [4.78, 5) is 0. The Hall–Kier alpha value is -7.19. The molecular formula is C55H41N2OP. The van der Waals surface area contributed by atoms with Crippen molar-refractivity contribution in [3.63, 3.8) is 0 Å². The van der Waals surface area contributed by atoms with Crippen molar-refractivity contribution in [2.75, 3.05) is 6.16 Å². The van der Waals surface area contributed by atoms with Crippen LogP contribution in [0.15, 0.2) is 206 Å². The van der Waals surface area contributed by atoms with E-state index in [1.807, 2.05) is 60.7 Å². The van der Waals surface area contributed by atoms with Gasteiger partial charge in [0.2, 0.25) is 0 Å². The van der Waals surface area contributed by atoms with Crippen LogP contribution in [0.3, 0.4) is 0 Å². The molecule has 4 heteroatoms. The maximum absolute atomic E-state index is 14.6. The third-order valence-electron chi connectivity index (χ3n) is 11.3. The molecule has 0 radical (unpaired) electrons. The highest BCUT2D eigenvalue weighted by molar-refractivity contribution is 7.78. The van der Waals surface area contributed by atoms with Crippen molar-refractivity contribution in [3.05, 3.63) is 223 Å². The third-order valence-corrected chi connectivity index (χ3v) is 14.3. The lowest BCUT2D eigenvalue weighted by molar-refractivity contribution is 0.588. The molecule has 0 aliphatic rings. The molecule has 0 fully saturated rings. The highest BCUT2D eigenvalue weighted by Gasteiger charge is 2.25. The average Bonchev–Trinajstić information content (AvgIpc) is 3.80. The van der Waals surface area contributed by atoms with Crippen molar-refractivity contribution < 1.29 is 4.57 Å². The van der Waals surface area contributed by atoms with Gasteiger partial charge in [-0.1, -0.05) is 170 Å². The minimum absolute atomic E-state index is 0.449. The van der Waals surface area contributed by atoms with Crippen LogP contribution in [0.2, 0.25) is 0 Å². The monoisotopic (exact) mass is 776 g/mol. The first-order valence-corrected chi connectivity index (χ1v) is 22.0. The van der Waals surface area contributed by atoms with E-state index in [1.165, 1.54) is 43.6 Å². The first-order chi connectivity index (χ1) is 29.1. The smallest absolute Gasteiger partial charge is 0.146 e. The molecule has 0 N–H and O–H groups in total. The molecule has 0 amide bonds. The number of hydrogen-bond donors (Lipinski definition) is 0. The van der Waals surface area contributed by atoms with Gasteiger partial charge < -0.3 is 13.7 Å². The van der Waals surface area contributed by atoms with Gasteiger partial charge in [-0.25, -0.2) is 0 Å². The molecule has 0 aliphatic heterocycles. The minimum Gasteiger partial charge on any atom is -0.316 e. The Morgan fingerprint density at radius 3 is 1.19 bits per heavy atom. The maximum atomic E-state index is 14.6. The van der Waals surface area contributed by atoms with Gasteiger partial charge in [0.05, 0.1) is 22.1 Å². The Kier molecular flexibility index (Phi) is 9.58. The molecule has 0 spiro atoms. The van der Waals surface area contributed by atoms with Crippen molar-refractivity contribution in [2.45, 2.75) is 0 Å². The van der Waals surface area contributed by atoms with Gasteiger partial charge in [0, 0.05) is 50.7 Å². The summed E-state index contributed by atoms with van der Waals surface area (Å²) < 4.78 is 19.1. The molecule has 2 heterocycles. The Morgan fingerprint density at radius 2 is 0.763 bits per heavy atom. The zero-order chi connectivity index (χ0) is 39.6. The third kappa shape index (κ3) is 6.97. The number of para-hydroxylation sites is 4. The molecule has 0 aliphatic carbocycles. The fourth-order valence-corrected chi connectivity index (χ4v) is 10.8. The largest absolute Gasteiger partial charge is 0.316 e. The number of rotatable bonds is 10. The molecule has 0 atom stereocenters. The van der Waals surface area contributed by atoms with Crippen molar-refractivity contribution in [1.29, 1.82) is 0 Å². The Labute approximate surface area is 344 Å². The molecule has 0 saturated carbocycles. The van der Waals surface area contributed by atoms with Crippen molar-refractivity contribution >= 4 is 92.0 Å². The van der Waals surface area contributed by atoms with Gasteiger partial charge >= 0.3 is 0 Å². The first kappa shape index (κ1) is 36.2. The first-order valence-electron chi connectivity index (χ1n) is 20.1. The summed E-state index contributed by atoms with van der Waals surface area (Å²) in [6.07, 6.45) is 13.4. The van der Waals surface area contributed by atoms with Crippen LogP contribution in [0, 0.1) is 0 Å². The van der Waals surface area contributed by atoms with Gasteiger partial charge in [-0.2, -0.15) is 0 Å². The minimum atomic E-state index is -2.84. The molecule has 10 aromatic rings. The van der Waals surface area contributed by atoms with E-state index in [9.17, 15) is 4.57 Å². The predicted molar refractivity (Wildman–Crippen MR) is 255 cm³/mol. The van der Waals surface area contributed by atoms with Gasteiger partial charge in [-0.15, -0.1) is 0 Å². The zero-order valence-corrected chi connectivity index (χ0v) is 33.4. The van der Waals surface area contributed by atoms with E-state index in [4.69, 9.17) is 0 Å². The van der Waals surface area contributed by atoms with E-state index in [-0.39, 0.29) is 0 Å². The topological polar surface area (TPSA) is 26.9 Å². The molecule has 10 rings (SSSR count). The maximum Gasteiger partial charge on any atom is 0.146 e. The summed E-state index contributed by atoms with van der Waals surface area (Å²) in [7, 11) is -2.84. The van der Waals surface area contributed by atoms with Gasteiger partial charge in [-0.3, -0.25) is 0 Å². The van der Waals surface area contributed by atoms with E-state index in [2.05, 4.69) is 185 Å². The lowest BCUT2D eigenvalue weighted by Gasteiger charge is -2.17. The second-order valence-corrected chi connectivity index (χ2v) is 17.8. The number of nitrogens with zero attached hydrogens (tertiary/aromatic N) is 2. The van der Waals surface area contributed by atoms with Crippen LogP contribution in [0.25, 0.3) is 85.4 Å². The second-order valence-electron chi connectivity index (χ2n) is 14.9. The summed E-state index contributed by atoms with van der Waals surface area (Å²) >= 11 is 0. The van der Waals surface area contributed by atoms with Crippen LogP contribution in [0.5, 0.6) is 0 Å².